The SMILES string of the molecule is [N-]=[N+]=NCC1CNCC1C1CCC1. The van der Waals surface area contributed by atoms with Crippen LogP contribution in [-0.4, -0.2) is 19.6 Å². The van der Waals surface area contributed by atoms with E-state index in [1.807, 2.05) is 0 Å². The normalized spacial score (nSPS) is 33.8. The summed E-state index contributed by atoms with van der Waals surface area (Å²) in [5.41, 5.74) is 8.26. The molecule has 2 atom stereocenters. The number of nitrogens with one attached hydrogen (secondary N) is 1. The predicted molar refractivity (Wildman–Crippen MR) is 51.2 cm³/mol. The quantitative estimate of drug-likeness (QED) is 0.402. The van der Waals surface area contributed by atoms with E-state index >= 15 is 0 Å². The van der Waals surface area contributed by atoms with Gasteiger partial charge < -0.3 is 5.32 Å². The lowest BCUT2D eigenvalue weighted by Gasteiger charge is -2.33. The van der Waals surface area contributed by atoms with E-state index in [1.54, 1.807) is 0 Å². The maximum Gasteiger partial charge on any atom is 0.0301 e. The highest BCUT2D eigenvalue weighted by molar-refractivity contribution is 4.90. The monoisotopic (exact) mass is 180 g/mol. The lowest BCUT2D eigenvalue weighted by atomic mass is 9.72. The molecule has 0 aromatic heterocycles. The lowest BCUT2D eigenvalue weighted by Crippen LogP contribution is -2.29. The van der Waals surface area contributed by atoms with Gasteiger partial charge in [-0.15, -0.1) is 0 Å². The summed E-state index contributed by atoms with van der Waals surface area (Å²) in [5, 5.41) is 7.08. The van der Waals surface area contributed by atoms with E-state index in [4.69, 9.17) is 5.53 Å². The molecule has 0 radical (unpaired) electrons. The first-order valence-corrected chi connectivity index (χ1v) is 5.13. The molecule has 1 saturated carbocycles. The Bertz CT molecular complexity index is 218. The van der Waals surface area contributed by atoms with E-state index in [0.717, 1.165) is 24.9 Å². The van der Waals surface area contributed by atoms with Crippen LogP contribution in [0, 0.1) is 17.8 Å². The Morgan fingerprint density at radius 3 is 2.85 bits per heavy atom. The van der Waals surface area contributed by atoms with Gasteiger partial charge in [-0.1, -0.05) is 24.4 Å². The molecule has 0 bridgehead atoms. The fraction of sp³-hybridized carbons (Fsp3) is 1.00. The Hall–Kier alpha value is -0.730. The van der Waals surface area contributed by atoms with Crippen molar-refractivity contribution < 1.29 is 0 Å². The second kappa shape index (κ2) is 3.99. The van der Waals surface area contributed by atoms with Gasteiger partial charge in [0.2, 0.25) is 0 Å². The summed E-state index contributed by atoms with van der Waals surface area (Å²) in [4.78, 5) is 2.83. The summed E-state index contributed by atoms with van der Waals surface area (Å²) in [6.07, 6.45) is 4.17. The zero-order valence-electron chi connectivity index (χ0n) is 7.82. The largest absolute Gasteiger partial charge is 0.316 e. The van der Waals surface area contributed by atoms with E-state index in [1.165, 1.54) is 19.3 Å². The van der Waals surface area contributed by atoms with Gasteiger partial charge in [-0.2, -0.15) is 0 Å². The maximum absolute atomic E-state index is 8.26. The van der Waals surface area contributed by atoms with Crippen LogP contribution in [0.1, 0.15) is 19.3 Å². The highest BCUT2D eigenvalue weighted by Gasteiger charge is 2.35. The van der Waals surface area contributed by atoms with E-state index in [0.29, 0.717) is 12.5 Å². The zero-order valence-corrected chi connectivity index (χ0v) is 7.82. The average Bonchev–Trinajstić information content (AvgIpc) is 2.46. The van der Waals surface area contributed by atoms with Crippen LogP contribution in [0.15, 0.2) is 5.11 Å². The minimum Gasteiger partial charge on any atom is -0.316 e. The number of nitrogens with zero attached hydrogens (tertiary/aromatic N) is 3. The molecule has 4 heteroatoms. The minimum atomic E-state index is 0.598. The van der Waals surface area contributed by atoms with Gasteiger partial charge >= 0.3 is 0 Å². The molecular formula is C9H16N4. The molecule has 4 nitrogen and oxygen atoms in total. The molecule has 72 valence electrons. The molecule has 0 aromatic rings. The van der Waals surface area contributed by atoms with Crippen molar-refractivity contribution in [3.8, 4) is 0 Å². The molecule has 0 spiro atoms. The third-order valence-electron chi connectivity index (χ3n) is 3.53. The van der Waals surface area contributed by atoms with Gasteiger partial charge in [-0.3, -0.25) is 0 Å². The molecular weight excluding hydrogens is 164 g/mol. The van der Waals surface area contributed by atoms with E-state index in [9.17, 15) is 0 Å². The third kappa shape index (κ3) is 1.79. The Morgan fingerprint density at radius 2 is 2.23 bits per heavy atom. The van der Waals surface area contributed by atoms with Crippen LogP contribution >= 0.6 is 0 Å². The molecule has 0 amide bonds. The van der Waals surface area contributed by atoms with Gasteiger partial charge in [0.05, 0.1) is 0 Å². The van der Waals surface area contributed by atoms with Crippen molar-refractivity contribution in [1.29, 1.82) is 0 Å². The molecule has 1 heterocycles. The van der Waals surface area contributed by atoms with E-state index in [-0.39, 0.29) is 0 Å². The molecule has 1 N–H and O–H groups in total. The van der Waals surface area contributed by atoms with Crippen LogP contribution in [0.5, 0.6) is 0 Å². The molecule has 1 saturated heterocycles. The second-order valence-corrected chi connectivity index (χ2v) is 4.19. The van der Waals surface area contributed by atoms with Gasteiger partial charge in [0.15, 0.2) is 0 Å². The highest BCUT2D eigenvalue weighted by Crippen LogP contribution is 2.38. The van der Waals surface area contributed by atoms with Crippen LogP contribution in [-0.2, 0) is 0 Å². The Morgan fingerprint density at radius 1 is 1.38 bits per heavy atom. The van der Waals surface area contributed by atoms with Crippen molar-refractivity contribution in [2.24, 2.45) is 22.9 Å². The average molecular weight is 180 g/mol. The summed E-state index contributed by atoms with van der Waals surface area (Å²) in [6.45, 7) is 2.86. The second-order valence-electron chi connectivity index (χ2n) is 4.19. The molecule has 2 unspecified atom stereocenters. The third-order valence-corrected chi connectivity index (χ3v) is 3.53. The molecule has 13 heavy (non-hydrogen) atoms. The Kier molecular flexibility index (Phi) is 2.71. The molecule has 1 aliphatic heterocycles. The zero-order chi connectivity index (χ0) is 9.10. The fourth-order valence-electron chi connectivity index (χ4n) is 2.51. The van der Waals surface area contributed by atoms with Crippen molar-refractivity contribution in [1.82, 2.24) is 5.32 Å². The topological polar surface area (TPSA) is 60.8 Å². The maximum atomic E-state index is 8.26. The van der Waals surface area contributed by atoms with Gasteiger partial charge in [-0.25, -0.2) is 0 Å². The van der Waals surface area contributed by atoms with Crippen LogP contribution in [0.3, 0.4) is 0 Å². The lowest BCUT2D eigenvalue weighted by molar-refractivity contribution is 0.182. The van der Waals surface area contributed by atoms with Crippen molar-refractivity contribution >= 4 is 0 Å². The van der Waals surface area contributed by atoms with Crippen LogP contribution < -0.4 is 5.32 Å². The van der Waals surface area contributed by atoms with Gasteiger partial charge in [0, 0.05) is 11.5 Å². The molecule has 2 aliphatic rings. The number of rotatable bonds is 3. The summed E-state index contributed by atoms with van der Waals surface area (Å²) < 4.78 is 0. The summed E-state index contributed by atoms with van der Waals surface area (Å²) in [6, 6.07) is 0. The van der Waals surface area contributed by atoms with Gasteiger partial charge in [0.1, 0.15) is 0 Å². The first-order chi connectivity index (χ1) is 6.42. The Balaban J connectivity index is 1.88. The van der Waals surface area contributed by atoms with Crippen molar-refractivity contribution in [2.45, 2.75) is 19.3 Å². The van der Waals surface area contributed by atoms with Crippen molar-refractivity contribution in [2.75, 3.05) is 19.6 Å². The highest BCUT2D eigenvalue weighted by atomic mass is 15.1. The number of hydrogen-bond acceptors (Lipinski definition) is 2. The fourth-order valence-corrected chi connectivity index (χ4v) is 2.51. The molecule has 2 fully saturated rings. The number of hydrogen-bond donors (Lipinski definition) is 1. The summed E-state index contributed by atoms with van der Waals surface area (Å²) >= 11 is 0. The van der Waals surface area contributed by atoms with E-state index < -0.39 is 0 Å². The van der Waals surface area contributed by atoms with Crippen LogP contribution in [0.2, 0.25) is 0 Å². The summed E-state index contributed by atoms with van der Waals surface area (Å²) in [5.74, 6) is 2.29. The first-order valence-electron chi connectivity index (χ1n) is 5.13. The smallest absolute Gasteiger partial charge is 0.0301 e. The van der Waals surface area contributed by atoms with Gasteiger partial charge in [0.25, 0.3) is 0 Å². The van der Waals surface area contributed by atoms with Crippen molar-refractivity contribution in [3.05, 3.63) is 10.4 Å². The molecule has 2 rings (SSSR count). The van der Waals surface area contributed by atoms with E-state index in [2.05, 4.69) is 15.3 Å². The standard InChI is InChI=1S/C9H16N4/c10-13-12-5-8-4-11-6-9(8)7-2-1-3-7/h7-9,11H,1-6H2. The first kappa shape index (κ1) is 8.85. The van der Waals surface area contributed by atoms with Gasteiger partial charge in [-0.05, 0) is 36.4 Å². The van der Waals surface area contributed by atoms with Crippen LogP contribution in [0.25, 0.3) is 10.4 Å². The Labute approximate surface area is 78.3 Å². The van der Waals surface area contributed by atoms with Crippen molar-refractivity contribution in [3.63, 3.8) is 0 Å². The predicted octanol–water partition coefficient (Wildman–Crippen LogP) is 1.93. The number of azide groups is 1. The minimum absolute atomic E-state index is 0.598. The van der Waals surface area contributed by atoms with Crippen LogP contribution in [0.4, 0.5) is 0 Å². The molecule has 1 aliphatic carbocycles. The molecule has 0 aromatic carbocycles. The summed E-state index contributed by atoms with van der Waals surface area (Å²) in [7, 11) is 0.